The van der Waals surface area contributed by atoms with E-state index in [4.69, 9.17) is 9.47 Å². The van der Waals surface area contributed by atoms with Crippen LogP contribution < -0.4 is 0 Å². The second kappa shape index (κ2) is 15.9. The molecule has 4 aromatic carbocycles. The number of carbonyl (C=O) groups is 4. The number of carbonyl (C=O) groups excluding carboxylic acids is 2. The minimum absolute atomic E-state index is 0.000712. The molecule has 0 bridgehead atoms. The van der Waals surface area contributed by atoms with Gasteiger partial charge in [-0.25, -0.2) is 19.2 Å². The molecule has 0 spiro atoms. The predicted molar refractivity (Wildman–Crippen MR) is 178 cm³/mol. The van der Waals surface area contributed by atoms with Crippen molar-refractivity contribution in [3.8, 4) is 46.0 Å². The molecule has 0 saturated carbocycles. The van der Waals surface area contributed by atoms with Gasteiger partial charge in [-0.1, -0.05) is 24.3 Å². The molecule has 2 atom stereocenters. The zero-order valence-electron chi connectivity index (χ0n) is 26.6. The molecule has 52 heavy (non-hydrogen) atoms. The van der Waals surface area contributed by atoms with Crippen LogP contribution in [0, 0.1) is 0 Å². The van der Waals surface area contributed by atoms with Gasteiger partial charge in [0.1, 0.15) is 0 Å². The Morgan fingerprint density at radius 1 is 0.577 bits per heavy atom. The number of phenols is 8. The summed E-state index contributed by atoms with van der Waals surface area (Å²) in [5.74, 6) is -10.8. The second-order valence-corrected chi connectivity index (χ2v) is 11.1. The Kier molecular flexibility index (Phi) is 11.5. The van der Waals surface area contributed by atoms with Crippen molar-refractivity contribution in [2.45, 2.75) is 25.0 Å². The largest absolute Gasteiger partial charge is 0.504 e. The number of aromatic hydroxyl groups is 8. The molecule has 0 fully saturated rings. The lowest BCUT2D eigenvalue weighted by atomic mass is 9.95. The SMILES string of the molecule is O=C(/C=C/c1ccc(O)c(O)c1/C(=C/c1ccc(O)c(O)c1)C(=O)O[C@H](Cc1ccc(O)c(O)c1)C(=O)O)O[C@H](Cc1ccc(O)c(O)c1)C(=O)O. The van der Waals surface area contributed by atoms with Crippen LogP contribution in [0.5, 0.6) is 46.0 Å². The van der Waals surface area contributed by atoms with Gasteiger partial charge in [0.2, 0.25) is 12.2 Å². The van der Waals surface area contributed by atoms with Gasteiger partial charge in [0, 0.05) is 24.5 Å². The summed E-state index contributed by atoms with van der Waals surface area (Å²) in [6.07, 6.45) is -1.92. The molecular formula is C36H30O16. The summed E-state index contributed by atoms with van der Waals surface area (Å²) in [7, 11) is 0. The highest BCUT2D eigenvalue weighted by Crippen LogP contribution is 2.39. The summed E-state index contributed by atoms with van der Waals surface area (Å²) in [5.41, 5.74) is -1.03. The van der Waals surface area contributed by atoms with E-state index in [1.807, 2.05) is 0 Å². The number of esters is 2. The quantitative estimate of drug-likeness (QED) is 0.0410. The standard InChI is InChI=1S/C36H30O16/c37-22-6-1-17(12-26(22)41)11-21(36(50)52-30(35(48)49)16-19-3-8-24(39)28(43)14-19)32-20(4-9-25(40)33(32)45)5-10-31(44)51-29(34(46)47)15-18-2-7-23(38)27(42)13-18/h1-14,29-30,37-43,45H,15-16H2,(H,46,47)(H,48,49)/b10-5+,21-11-/t29-,30-/m1/s1. The van der Waals surface area contributed by atoms with E-state index in [1.54, 1.807) is 0 Å². The second-order valence-electron chi connectivity index (χ2n) is 11.1. The van der Waals surface area contributed by atoms with E-state index in [0.717, 1.165) is 66.8 Å². The Labute approximate surface area is 292 Å². The topological polar surface area (TPSA) is 289 Å². The molecule has 270 valence electrons. The van der Waals surface area contributed by atoms with E-state index in [-0.39, 0.29) is 22.3 Å². The summed E-state index contributed by atoms with van der Waals surface area (Å²) < 4.78 is 10.3. The molecule has 0 saturated heterocycles. The van der Waals surface area contributed by atoms with Gasteiger partial charge in [0.15, 0.2) is 46.0 Å². The normalized spacial score (nSPS) is 12.6. The number of rotatable bonds is 13. The maximum atomic E-state index is 13.8. The van der Waals surface area contributed by atoms with E-state index >= 15 is 0 Å². The zero-order chi connectivity index (χ0) is 38.3. The molecule has 0 aromatic heterocycles. The van der Waals surface area contributed by atoms with Crippen LogP contribution in [0.15, 0.2) is 72.8 Å². The van der Waals surface area contributed by atoms with E-state index in [0.29, 0.717) is 0 Å². The number of carboxylic acid groups (broad SMARTS) is 2. The first-order valence-electron chi connectivity index (χ1n) is 14.9. The van der Waals surface area contributed by atoms with E-state index in [2.05, 4.69) is 0 Å². The van der Waals surface area contributed by atoms with Gasteiger partial charge in [-0.05, 0) is 76.9 Å². The van der Waals surface area contributed by atoms with Crippen molar-refractivity contribution in [1.82, 2.24) is 0 Å². The van der Waals surface area contributed by atoms with Crippen LogP contribution in [-0.2, 0) is 41.5 Å². The Hall–Kier alpha value is -7.36. The predicted octanol–water partition coefficient (Wildman–Crippen LogP) is 3.36. The zero-order valence-corrected chi connectivity index (χ0v) is 26.6. The Morgan fingerprint density at radius 3 is 1.56 bits per heavy atom. The number of aliphatic carboxylic acids is 2. The fourth-order valence-electron chi connectivity index (χ4n) is 4.76. The highest BCUT2D eigenvalue weighted by Gasteiger charge is 2.29. The minimum Gasteiger partial charge on any atom is -0.504 e. The molecular weight excluding hydrogens is 688 g/mol. The Balaban J connectivity index is 1.73. The van der Waals surface area contributed by atoms with Crippen LogP contribution in [0.25, 0.3) is 17.7 Å². The van der Waals surface area contributed by atoms with Crippen LogP contribution in [-0.4, -0.2) is 87.2 Å². The van der Waals surface area contributed by atoms with Crippen LogP contribution in [0.1, 0.15) is 27.8 Å². The summed E-state index contributed by atoms with van der Waals surface area (Å²) in [5, 5.41) is 99.3. The first-order valence-corrected chi connectivity index (χ1v) is 14.9. The van der Waals surface area contributed by atoms with E-state index < -0.39 is 106 Å². The number of benzene rings is 4. The van der Waals surface area contributed by atoms with Crippen molar-refractivity contribution in [3.05, 3.63) is 101 Å². The van der Waals surface area contributed by atoms with Crippen LogP contribution >= 0.6 is 0 Å². The fraction of sp³-hybridized carbons (Fsp3) is 0.111. The van der Waals surface area contributed by atoms with Gasteiger partial charge in [-0.3, -0.25) is 0 Å². The molecule has 0 radical (unpaired) electrons. The van der Waals surface area contributed by atoms with Crippen LogP contribution in [0.2, 0.25) is 0 Å². The molecule has 0 aliphatic carbocycles. The average molecular weight is 719 g/mol. The lowest BCUT2D eigenvalue weighted by Crippen LogP contribution is -2.29. The number of hydrogen-bond acceptors (Lipinski definition) is 14. The van der Waals surface area contributed by atoms with Gasteiger partial charge in [0.05, 0.1) is 5.57 Å². The van der Waals surface area contributed by atoms with Crippen molar-refractivity contribution in [1.29, 1.82) is 0 Å². The molecule has 16 heteroatoms. The van der Waals surface area contributed by atoms with Crippen LogP contribution in [0.4, 0.5) is 0 Å². The lowest BCUT2D eigenvalue weighted by Gasteiger charge is -2.18. The van der Waals surface area contributed by atoms with Gasteiger partial charge in [-0.2, -0.15) is 0 Å². The lowest BCUT2D eigenvalue weighted by molar-refractivity contribution is -0.160. The third kappa shape index (κ3) is 9.20. The van der Waals surface area contributed by atoms with Crippen molar-refractivity contribution < 1.29 is 79.7 Å². The Bertz CT molecular complexity index is 2100. The van der Waals surface area contributed by atoms with E-state index in [1.165, 1.54) is 18.2 Å². The van der Waals surface area contributed by atoms with Crippen molar-refractivity contribution >= 4 is 41.6 Å². The molecule has 4 rings (SSSR count). The van der Waals surface area contributed by atoms with Gasteiger partial charge < -0.3 is 60.5 Å². The minimum atomic E-state index is -1.93. The van der Waals surface area contributed by atoms with E-state index in [9.17, 15) is 70.2 Å². The smallest absolute Gasteiger partial charge is 0.345 e. The molecule has 0 aliphatic heterocycles. The first kappa shape index (κ1) is 37.5. The van der Waals surface area contributed by atoms with Gasteiger partial charge >= 0.3 is 23.9 Å². The van der Waals surface area contributed by atoms with Crippen molar-refractivity contribution in [3.63, 3.8) is 0 Å². The number of phenolic OH excluding ortho intramolecular Hbond substituents is 8. The van der Waals surface area contributed by atoms with Crippen LogP contribution in [0.3, 0.4) is 0 Å². The molecule has 16 nitrogen and oxygen atoms in total. The molecule has 0 heterocycles. The maximum Gasteiger partial charge on any atom is 0.345 e. The molecule has 10 N–H and O–H groups in total. The third-order valence-electron chi connectivity index (χ3n) is 7.37. The van der Waals surface area contributed by atoms with Gasteiger partial charge in [0.25, 0.3) is 0 Å². The number of ether oxygens (including phenoxy) is 2. The summed E-state index contributed by atoms with van der Waals surface area (Å²) in [4.78, 5) is 50.5. The summed E-state index contributed by atoms with van der Waals surface area (Å²) >= 11 is 0. The summed E-state index contributed by atoms with van der Waals surface area (Å²) in [6.45, 7) is 0. The Morgan fingerprint density at radius 2 is 1.06 bits per heavy atom. The fourth-order valence-corrected chi connectivity index (χ4v) is 4.76. The summed E-state index contributed by atoms with van der Waals surface area (Å²) in [6, 6.07) is 12.3. The molecule has 4 aromatic rings. The highest BCUT2D eigenvalue weighted by atomic mass is 16.6. The van der Waals surface area contributed by atoms with Gasteiger partial charge in [-0.15, -0.1) is 0 Å². The molecule has 0 unspecified atom stereocenters. The average Bonchev–Trinajstić information content (AvgIpc) is 3.08. The van der Waals surface area contributed by atoms with Crippen molar-refractivity contribution in [2.75, 3.05) is 0 Å². The monoisotopic (exact) mass is 718 g/mol. The molecule has 0 amide bonds. The maximum absolute atomic E-state index is 13.8. The highest BCUT2D eigenvalue weighted by molar-refractivity contribution is 6.24. The van der Waals surface area contributed by atoms with Crippen molar-refractivity contribution in [2.24, 2.45) is 0 Å². The number of hydrogen-bond donors (Lipinski definition) is 10. The third-order valence-corrected chi connectivity index (χ3v) is 7.37. The number of carboxylic acids is 2. The first-order chi connectivity index (χ1) is 24.5. The molecule has 0 aliphatic rings.